The van der Waals surface area contributed by atoms with Gasteiger partial charge in [-0.2, -0.15) is 5.10 Å². The van der Waals surface area contributed by atoms with Gasteiger partial charge in [0.05, 0.1) is 11.9 Å². The molecule has 1 heterocycles. The molecule has 2 amide bonds. The van der Waals surface area contributed by atoms with E-state index in [1.807, 2.05) is 21.0 Å². The molecule has 0 saturated carbocycles. The molecular weight excluding hydrogens is 266 g/mol. The van der Waals surface area contributed by atoms with E-state index in [9.17, 15) is 4.79 Å². The number of aromatic amines is 1. The van der Waals surface area contributed by atoms with Crippen LogP contribution in [0.2, 0.25) is 0 Å². The lowest BCUT2D eigenvalue weighted by molar-refractivity contribution is 0.249. The van der Waals surface area contributed by atoms with E-state index in [-0.39, 0.29) is 12.1 Å². The number of rotatable bonds is 5. The third-order valence-electron chi connectivity index (χ3n) is 3.13. The number of urea groups is 1. The normalized spacial score (nSPS) is 11.8. The van der Waals surface area contributed by atoms with Gasteiger partial charge < -0.3 is 15.5 Å². The fourth-order valence-electron chi connectivity index (χ4n) is 2.04. The maximum absolute atomic E-state index is 11.8. The van der Waals surface area contributed by atoms with Gasteiger partial charge in [-0.05, 0) is 31.0 Å². The maximum atomic E-state index is 11.8. The molecule has 6 nitrogen and oxygen atoms in total. The largest absolute Gasteiger partial charge is 0.378 e. The van der Waals surface area contributed by atoms with E-state index in [0.717, 1.165) is 12.1 Å². The summed E-state index contributed by atoms with van der Waals surface area (Å²) < 4.78 is 0. The van der Waals surface area contributed by atoms with Crippen molar-refractivity contribution in [2.75, 3.05) is 24.3 Å². The number of nitrogens with one attached hydrogen (secondary N) is 3. The summed E-state index contributed by atoms with van der Waals surface area (Å²) in [5.41, 5.74) is 3.00. The van der Waals surface area contributed by atoms with Crippen molar-refractivity contribution in [2.24, 2.45) is 0 Å². The molecule has 3 N–H and O–H groups in total. The van der Waals surface area contributed by atoms with Crippen LogP contribution in [0.4, 0.5) is 16.2 Å². The lowest BCUT2D eigenvalue weighted by atomic mass is 10.1. The third kappa shape index (κ3) is 4.52. The molecule has 6 heteroatoms. The van der Waals surface area contributed by atoms with Crippen molar-refractivity contribution in [3.63, 3.8) is 0 Å². The first kappa shape index (κ1) is 14.9. The van der Waals surface area contributed by atoms with E-state index in [2.05, 4.69) is 50.0 Å². The first-order valence-electron chi connectivity index (χ1n) is 6.87. The van der Waals surface area contributed by atoms with Crippen molar-refractivity contribution in [1.29, 1.82) is 0 Å². The lowest BCUT2D eigenvalue weighted by Crippen LogP contribution is -2.37. The van der Waals surface area contributed by atoms with E-state index >= 15 is 0 Å². The van der Waals surface area contributed by atoms with Crippen molar-refractivity contribution >= 4 is 17.4 Å². The Bertz CT molecular complexity index is 562. The number of hydrogen-bond acceptors (Lipinski definition) is 3. The van der Waals surface area contributed by atoms with Crippen LogP contribution in [0.15, 0.2) is 36.7 Å². The number of carbonyl (C=O) groups is 1. The van der Waals surface area contributed by atoms with Crippen molar-refractivity contribution in [1.82, 2.24) is 15.5 Å². The van der Waals surface area contributed by atoms with Gasteiger partial charge in [0.1, 0.15) is 0 Å². The number of benzene rings is 1. The smallest absolute Gasteiger partial charge is 0.319 e. The Morgan fingerprint density at radius 1 is 1.33 bits per heavy atom. The molecule has 2 aromatic rings. The average Bonchev–Trinajstić information content (AvgIpc) is 2.91. The van der Waals surface area contributed by atoms with Gasteiger partial charge in [0, 0.05) is 32.0 Å². The lowest BCUT2D eigenvalue weighted by Gasteiger charge is -2.16. The highest BCUT2D eigenvalue weighted by molar-refractivity contribution is 5.89. The van der Waals surface area contributed by atoms with E-state index in [0.29, 0.717) is 5.69 Å². The summed E-state index contributed by atoms with van der Waals surface area (Å²) in [5, 5.41) is 12.0. The molecular formula is C15H21N5O. The Kier molecular flexibility index (Phi) is 4.81. The summed E-state index contributed by atoms with van der Waals surface area (Å²) in [6.07, 6.45) is 3.97. The number of aromatic nitrogens is 2. The van der Waals surface area contributed by atoms with Crippen LogP contribution in [0.1, 0.15) is 12.5 Å². The van der Waals surface area contributed by atoms with Crippen molar-refractivity contribution < 1.29 is 4.79 Å². The molecule has 0 aliphatic rings. The second-order valence-electron chi connectivity index (χ2n) is 5.25. The summed E-state index contributed by atoms with van der Waals surface area (Å²) in [7, 11) is 4.03. The molecule has 1 aromatic carbocycles. The molecule has 0 fully saturated rings. The summed E-state index contributed by atoms with van der Waals surface area (Å²) >= 11 is 0. The Morgan fingerprint density at radius 2 is 2.05 bits per heavy atom. The Labute approximate surface area is 124 Å². The van der Waals surface area contributed by atoms with E-state index in [1.54, 1.807) is 12.4 Å². The first-order chi connectivity index (χ1) is 10.0. The van der Waals surface area contributed by atoms with Crippen LogP contribution in [0.25, 0.3) is 0 Å². The van der Waals surface area contributed by atoms with Gasteiger partial charge >= 0.3 is 6.03 Å². The fraction of sp³-hybridized carbons (Fsp3) is 0.333. The monoisotopic (exact) mass is 287 g/mol. The second-order valence-corrected chi connectivity index (χ2v) is 5.25. The number of hydrogen-bond donors (Lipinski definition) is 3. The molecule has 0 unspecified atom stereocenters. The van der Waals surface area contributed by atoms with Crippen molar-refractivity contribution in [3.8, 4) is 0 Å². The first-order valence-corrected chi connectivity index (χ1v) is 6.87. The fourth-order valence-corrected chi connectivity index (χ4v) is 2.04. The molecule has 0 saturated heterocycles. The Hall–Kier alpha value is -2.50. The minimum atomic E-state index is -0.228. The second kappa shape index (κ2) is 6.78. The zero-order chi connectivity index (χ0) is 15.2. The van der Waals surface area contributed by atoms with Crippen LogP contribution in [0.3, 0.4) is 0 Å². The number of carbonyl (C=O) groups excluding carboxylic acids is 1. The van der Waals surface area contributed by atoms with Gasteiger partial charge in [-0.3, -0.25) is 5.10 Å². The summed E-state index contributed by atoms with van der Waals surface area (Å²) in [6, 6.07) is 8.14. The quantitative estimate of drug-likeness (QED) is 0.789. The van der Waals surface area contributed by atoms with Crippen molar-refractivity contribution in [3.05, 3.63) is 42.2 Å². The topological polar surface area (TPSA) is 73.1 Å². The van der Waals surface area contributed by atoms with Gasteiger partial charge in [0.15, 0.2) is 0 Å². The number of nitrogens with zero attached hydrogens (tertiary/aromatic N) is 2. The molecule has 0 aliphatic carbocycles. The van der Waals surface area contributed by atoms with Gasteiger partial charge in [0.25, 0.3) is 0 Å². The molecule has 0 bridgehead atoms. The van der Waals surface area contributed by atoms with E-state index < -0.39 is 0 Å². The number of H-pyrrole nitrogens is 1. The van der Waals surface area contributed by atoms with Crippen LogP contribution in [0, 0.1) is 0 Å². The van der Waals surface area contributed by atoms with Gasteiger partial charge in [0.2, 0.25) is 0 Å². The van der Waals surface area contributed by atoms with E-state index in [1.165, 1.54) is 5.56 Å². The maximum Gasteiger partial charge on any atom is 0.319 e. The molecule has 1 aromatic heterocycles. The summed E-state index contributed by atoms with van der Waals surface area (Å²) in [4.78, 5) is 13.8. The molecule has 0 aliphatic heterocycles. The van der Waals surface area contributed by atoms with Crippen LogP contribution in [-0.2, 0) is 6.42 Å². The van der Waals surface area contributed by atoms with Gasteiger partial charge in [-0.25, -0.2) is 4.79 Å². The molecule has 21 heavy (non-hydrogen) atoms. The van der Waals surface area contributed by atoms with Gasteiger partial charge in [-0.15, -0.1) is 0 Å². The highest BCUT2D eigenvalue weighted by Crippen LogP contribution is 2.13. The minimum absolute atomic E-state index is 0.0436. The van der Waals surface area contributed by atoms with Crippen LogP contribution in [0.5, 0.6) is 0 Å². The van der Waals surface area contributed by atoms with Crippen LogP contribution in [-0.4, -0.2) is 36.4 Å². The SMILES string of the molecule is C[C@@H](Cc1ccc(N(C)C)cc1)NC(=O)Nc1cn[nH]c1. The predicted octanol–water partition coefficient (Wildman–Crippen LogP) is 2.23. The molecule has 2 rings (SSSR count). The van der Waals surface area contributed by atoms with Crippen LogP contribution < -0.4 is 15.5 Å². The average molecular weight is 287 g/mol. The van der Waals surface area contributed by atoms with E-state index in [4.69, 9.17) is 0 Å². The molecule has 0 radical (unpaired) electrons. The zero-order valence-electron chi connectivity index (χ0n) is 12.6. The third-order valence-corrected chi connectivity index (χ3v) is 3.13. The highest BCUT2D eigenvalue weighted by Gasteiger charge is 2.09. The number of anilines is 2. The number of amides is 2. The highest BCUT2D eigenvalue weighted by atomic mass is 16.2. The molecule has 112 valence electrons. The van der Waals surface area contributed by atoms with Gasteiger partial charge in [-0.1, -0.05) is 12.1 Å². The summed E-state index contributed by atoms with van der Waals surface area (Å²) in [5.74, 6) is 0. The predicted molar refractivity (Wildman–Crippen MR) is 84.7 cm³/mol. The summed E-state index contributed by atoms with van der Waals surface area (Å²) in [6.45, 7) is 1.98. The molecule has 1 atom stereocenters. The molecule has 0 spiro atoms. The Balaban J connectivity index is 1.83. The standard InChI is InChI=1S/C15H21N5O/c1-11(18-15(21)19-13-9-16-17-10-13)8-12-4-6-14(7-5-12)20(2)3/h4-7,9-11H,8H2,1-3H3,(H,16,17)(H2,18,19,21)/t11-/m0/s1. The van der Waals surface area contributed by atoms with Crippen LogP contribution >= 0.6 is 0 Å². The van der Waals surface area contributed by atoms with Crippen molar-refractivity contribution in [2.45, 2.75) is 19.4 Å². The Morgan fingerprint density at radius 3 is 2.62 bits per heavy atom. The minimum Gasteiger partial charge on any atom is -0.378 e. The zero-order valence-corrected chi connectivity index (χ0v) is 12.6.